The lowest BCUT2D eigenvalue weighted by Crippen LogP contribution is -2.00. The molecule has 0 amide bonds. The van der Waals surface area contributed by atoms with Gasteiger partial charge in [-0.25, -0.2) is 0 Å². The van der Waals surface area contributed by atoms with Crippen LogP contribution < -0.4 is 0 Å². The van der Waals surface area contributed by atoms with Gasteiger partial charge in [-0.05, 0) is 6.92 Å². The zero-order valence-corrected chi connectivity index (χ0v) is 6.49. The van der Waals surface area contributed by atoms with Gasteiger partial charge in [-0.1, -0.05) is 15.9 Å². The van der Waals surface area contributed by atoms with Crippen LogP contribution in [0.25, 0.3) is 0 Å². The van der Waals surface area contributed by atoms with E-state index < -0.39 is 0 Å². The first-order valence-corrected chi connectivity index (χ1v) is 2.92. The second-order valence-corrected chi connectivity index (χ2v) is 2.93. The zero-order valence-electron chi connectivity index (χ0n) is 4.90. The Morgan fingerprint density at radius 3 is 2.00 bits per heavy atom. The van der Waals surface area contributed by atoms with Gasteiger partial charge in [0.25, 0.3) is 0 Å². The molecule has 0 unspecified atom stereocenters. The molecule has 0 aromatic rings. The molecular formula is C5H10BrN. The number of hydrogen-bond donors (Lipinski definition) is 0. The monoisotopic (exact) mass is 163 g/mol. The molecule has 0 radical (unpaired) electrons. The molecule has 0 rings (SSSR count). The Kier molecular flexibility index (Phi) is 3.09. The SMILES string of the molecule is CC(Br)=CN(C)C. The second-order valence-electron chi connectivity index (χ2n) is 1.68. The number of hydrogen-bond acceptors (Lipinski definition) is 1. The number of nitrogens with zero attached hydrogens (tertiary/aromatic N) is 1. The van der Waals surface area contributed by atoms with Crippen LogP contribution in [0.1, 0.15) is 6.92 Å². The maximum Gasteiger partial charge on any atom is 0.00850 e. The largest absolute Gasteiger partial charge is 0.383 e. The van der Waals surface area contributed by atoms with Crippen LogP contribution in [0.5, 0.6) is 0 Å². The quantitative estimate of drug-likeness (QED) is 0.571. The van der Waals surface area contributed by atoms with Crippen molar-refractivity contribution in [1.82, 2.24) is 4.90 Å². The van der Waals surface area contributed by atoms with Crippen molar-refractivity contribution in [2.75, 3.05) is 14.1 Å². The Bertz CT molecular complexity index is 72.1. The number of rotatable bonds is 1. The number of halogens is 1. The molecule has 0 saturated carbocycles. The Labute approximate surface area is 53.1 Å². The van der Waals surface area contributed by atoms with Gasteiger partial charge in [0.05, 0.1) is 0 Å². The first-order chi connectivity index (χ1) is 3.13. The van der Waals surface area contributed by atoms with Crippen molar-refractivity contribution in [3.05, 3.63) is 10.7 Å². The van der Waals surface area contributed by atoms with Crippen LogP contribution in [0.3, 0.4) is 0 Å². The van der Waals surface area contributed by atoms with E-state index >= 15 is 0 Å². The first kappa shape index (κ1) is 7.02. The minimum absolute atomic E-state index is 1.15. The van der Waals surface area contributed by atoms with Crippen LogP contribution in [-0.4, -0.2) is 19.0 Å². The smallest absolute Gasteiger partial charge is 0.00850 e. The van der Waals surface area contributed by atoms with Crippen molar-refractivity contribution in [3.8, 4) is 0 Å². The summed E-state index contributed by atoms with van der Waals surface area (Å²) in [5, 5.41) is 0. The molecule has 0 heterocycles. The summed E-state index contributed by atoms with van der Waals surface area (Å²) in [5.74, 6) is 0. The molecule has 0 saturated heterocycles. The summed E-state index contributed by atoms with van der Waals surface area (Å²) < 4.78 is 1.15. The van der Waals surface area contributed by atoms with Crippen LogP contribution in [0, 0.1) is 0 Å². The third-order valence-electron chi connectivity index (χ3n) is 0.436. The lowest BCUT2D eigenvalue weighted by atomic mass is 10.7. The Morgan fingerprint density at radius 2 is 2.00 bits per heavy atom. The van der Waals surface area contributed by atoms with E-state index in [1.165, 1.54) is 0 Å². The molecule has 0 aromatic heterocycles. The summed E-state index contributed by atoms with van der Waals surface area (Å²) in [6, 6.07) is 0. The van der Waals surface area contributed by atoms with Crippen molar-refractivity contribution < 1.29 is 0 Å². The van der Waals surface area contributed by atoms with E-state index in [0.717, 1.165) is 4.48 Å². The van der Waals surface area contributed by atoms with Gasteiger partial charge in [0.15, 0.2) is 0 Å². The predicted octanol–water partition coefficient (Wildman–Crippen LogP) is 1.80. The fourth-order valence-electron chi connectivity index (χ4n) is 0.356. The molecule has 2 heteroatoms. The normalized spacial score (nSPS) is 11.7. The van der Waals surface area contributed by atoms with E-state index in [1.54, 1.807) is 0 Å². The fraction of sp³-hybridized carbons (Fsp3) is 0.600. The van der Waals surface area contributed by atoms with Gasteiger partial charge in [-0.15, -0.1) is 0 Å². The minimum Gasteiger partial charge on any atom is -0.383 e. The average Bonchev–Trinajstić information content (AvgIpc) is 1.27. The molecule has 0 aliphatic carbocycles. The van der Waals surface area contributed by atoms with Gasteiger partial charge >= 0.3 is 0 Å². The molecule has 0 aliphatic heterocycles. The molecule has 0 atom stereocenters. The van der Waals surface area contributed by atoms with Crippen LogP contribution in [0.2, 0.25) is 0 Å². The molecular weight excluding hydrogens is 154 g/mol. The van der Waals surface area contributed by atoms with Gasteiger partial charge < -0.3 is 4.90 Å². The highest BCUT2D eigenvalue weighted by Crippen LogP contribution is 2.00. The van der Waals surface area contributed by atoms with E-state index in [2.05, 4.69) is 15.9 Å². The standard InChI is InChI=1S/C5H10BrN/c1-5(6)4-7(2)3/h4H,1-3H3. The van der Waals surface area contributed by atoms with Crippen molar-refractivity contribution in [2.45, 2.75) is 6.92 Å². The summed E-state index contributed by atoms with van der Waals surface area (Å²) in [5.41, 5.74) is 0. The molecule has 1 nitrogen and oxygen atoms in total. The highest BCUT2D eigenvalue weighted by Gasteiger charge is 1.77. The summed E-state index contributed by atoms with van der Waals surface area (Å²) in [4.78, 5) is 1.99. The topological polar surface area (TPSA) is 3.24 Å². The highest BCUT2D eigenvalue weighted by molar-refractivity contribution is 9.11. The maximum absolute atomic E-state index is 3.29. The van der Waals surface area contributed by atoms with E-state index in [-0.39, 0.29) is 0 Å². The van der Waals surface area contributed by atoms with Gasteiger partial charge in [-0.3, -0.25) is 0 Å². The van der Waals surface area contributed by atoms with Gasteiger partial charge in [-0.2, -0.15) is 0 Å². The molecule has 0 fully saturated rings. The van der Waals surface area contributed by atoms with Crippen molar-refractivity contribution in [3.63, 3.8) is 0 Å². The lowest BCUT2D eigenvalue weighted by Gasteiger charge is -2.02. The van der Waals surface area contributed by atoms with Crippen molar-refractivity contribution in [1.29, 1.82) is 0 Å². The van der Waals surface area contributed by atoms with E-state index in [0.29, 0.717) is 0 Å². The number of allylic oxidation sites excluding steroid dienone is 1. The molecule has 0 bridgehead atoms. The molecule has 0 N–H and O–H groups in total. The Hall–Kier alpha value is 0.0200. The van der Waals surface area contributed by atoms with E-state index in [1.807, 2.05) is 32.1 Å². The zero-order chi connectivity index (χ0) is 5.86. The molecule has 42 valence electrons. The van der Waals surface area contributed by atoms with Crippen LogP contribution >= 0.6 is 15.9 Å². The lowest BCUT2D eigenvalue weighted by molar-refractivity contribution is 0.562. The Balaban J connectivity index is 3.45. The molecule has 7 heavy (non-hydrogen) atoms. The minimum atomic E-state index is 1.15. The van der Waals surface area contributed by atoms with E-state index in [9.17, 15) is 0 Å². The van der Waals surface area contributed by atoms with Gasteiger partial charge in [0.1, 0.15) is 0 Å². The maximum atomic E-state index is 3.29. The average molecular weight is 164 g/mol. The fourth-order valence-corrected chi connectivity index (χ4v) is 0.765. The van der Waals surface area contributed by atoms with E-state index in [4.69, 9.17) is 0 Å². The summed E-state index contributed by atoms with van der Waals surface area (Å²) in [6.07, 6.45) is 2.00. The van der Waals surface area contributed by atoms with Gasteiger partial charge in [0.2, 0.25) is 0 Å². The van der Waals surface area contributed by atoms with Crippen LogP contribution in [0.4, 0.5) is 0 Å². The molecule has 0 spiro atoms. The highest BCUT2D eigenvalue weighted by atomic mass is 79.9. The second kappa shape index (κ2) is 3.08. The predicted molar refractivity (Wildman–Crippen MR) is 36.4 cm³/mol. The third-order valence-corrected chi connectivity index (χ3v) is 0.641. The van der Waals surface area contributed by atoms with Crippen molar-refractivity contribution >= 4 is 15.9 Å². The third kappa shape index (κ3) is 6.02. The first-order valence-electron chi connectivity index (χ1n) is 2.13. The van der Waals surface area contributed by atoms with Gasteiger partial charge in [0, 0.05) is 24.8 Å². The molecule has 0 aliphatic rings. The summed E-state index contributed by atoms with van der Waals surface area (Å²) in [6.45, 7) is 2.00. The molecule has 0 aromatic carbocycles. The van der Waals surface area contributed by atoms with Crippen LogP contribution in [-0.2, 0) is 0 Å². The Morgan fingerprint density at radius 1 is 1.57 bits per heavy atom. The van der Waals surface area contributed by atoms with Crippen LogP contribution in [0.15, 0.2) is 10.7 Å². The van der Waals surface area contributed by atoms with Crippen molar-refractivity contribution in [2.24, 2.45) is 0 Å². The summed E-state index contributed by atoms with van der Waals surface area (Å²) in [7, 11) is 3.98. The summed E-state index contributed by atoms with van der Waals surface area (Å²) >= 11 is 3.29.